The average molecular weight is 275 g/mol. The minimum Gasteiger partial charge on any atom is -0.423 e. The first-order valence-corrected chi connectivity index (χ1v) is 8.15. The molecule has 4 nitrogen and oxygen atoms in total. The number of hydrogen-bond donors (Lipinski definition) is 1. The summed E-state index contributed by atoms with van der Waals surface area (Å²) in [6.45, 7) is 4.19. The SMILES string of the molecule is CC(C)C(N)c1nnc(C23CC4CC(CC(C4)C2)C3)o1. The topological polar surface area (TPSA) is 64.9 Å². The summed E-state index contributed by atoms with van der Waals surface area (Å²) in [5, 5.41) is 8.67. The molecule has 2 N–H and O–H groups in total. The molecule has 0 spiro atoms. The van der Waals surface area contributed by atoms with Gasteiger partial charge in [0.05, 0.1) is 6.04 Å². The molecule has 1 aromatic heterocycles. The van der Waals surface area contributed by atoms with Crippen LogP contribution in [-0.2, 0) is 5.41 Å². The summed E-state index contributed by atoms with van der Waals surface area (Å²) in [7, 11) is 0. The van der Waals surface area contributed by atoms with Gasteiger partial charge in [0.2, 0.25) is 11.8 Å². The molecule has 4 aliphatic carbocycles. The van der Waals surface area contributed by atoms with Crippen molar-refractivity contribution in [2.24, 2.45) is 29.4 Å². The van der Waals surface area contributed by atoms with E-state index >= 15 is 0 Å². The summed E-state index contributed by atoms with van der Waals surface area (Å²) >= 11 is 0. The molecule has 0 radical (unpaired) electrons. The van der Waals surface area contributed by atoms with Crippen LogP contribution in [0.1, 0.15) is 70.2 Å². The van der Waals surface area contributed by atoms with Gasteiger partial charge in [0, 0.05) is 5.41 Å². The van der Waals surface area contributed by atoms with Crippen molar-refractivity contribution in [3.63, 3.8) is 0 Å². The van der Waals surface area contributed by atoms with Crippen LogP contribution in [0.4, 0.5) is 0 Å². The van der Waals surface area contributed by atoms with E-state index in [2.05, 4.69) is 24.0 Å². The number of aromatic nitrogens is 2. The molecular formula is C16H25N3O. The Morgan fingerprint density at radius 1 is 1.05 bits per heavy atom. The highest BCUT2D eigenvalue weighted by molar-refractivity contribution is 5.15. The van der Waals surface area contributed by atoms with Gasteiger partial charge in [-0.1, -0.05) is 13.8 Å². The highest BCUT2D eigenvalue weighted by Crippen LogP contribution is 2.60. The smallest absolute Gasteiger partial charge is 0.233 e. The fourth-order valence-corrected chi connectivity index (χ4v) is 5.24. The molecule has 0 aliphatic heterocycles. The van der Waals surface area contributed by atoms with Gasteiger partial charge in [0.1, 0.15) is 0 Å². The van der Waals surface area contributed by atoms with Crippen molar-refractivity contribution in [1.29, 1.82) is 0 Å². The van der Waals surface area contributed by atoms with Crippen molar-refractivity contribution in [2.45, 2.75) is 63.8 Å². The molecule has 0 amide bonds. The molecule has 4 bridgehead atoms. The lowest BCUT2D eigenvalue weighted by Gasteiger charge is -2.55. The molecule has 4 fully saturated rings. The molecule has 0 aromatic carbocycles. The van der Waals surface area contributed by atoms with E-state index in [0.717, 1.165) is 23.6 Å². The van der Waals surface area contributed by atoms with Crippen LogP contribution in [0.2, 0.25) is 0 Å². The number of nitrogens with zero attached hydrogens (tertiary/aromatic N) is 2. The molecule has 4 heteroatoms. The molecule has 4 aliphatic rings. The van der Waals surface area contributed by atoms with E-state index in [9.17, 15) is 0 Å². The largest absolute Gasteiger partial charge is 0.423 e. The Morgan fingerprint density at radius 3 is 2.10 bits per heavy atom. The second-order valence-corrected chi connectivity index (χ2v) is 7.91. The van der Waals surface area contributed by atoms with Gasteiger partial charge in [0.25, 0.3) is 0 Å². The van der Waals surface area contributed by atoms with E-state index in [-0.39, 0.29) is 11.5 Å². The summed E-state index contributed by atoms with van der Waals surface area (Å²) in [5.41, 5.74) is 6.34. The molecule has 1 heterocycles. The van der Waals surface area contributed by atoms with Gasteiger partial charge in [0.15, 0.2) is 0 Å². The van der Waals surface area contributed by atoms with Crippen LogP contribution >= 0.6 is 0 Å². The van der Waals surface area contributed by atoms with Gasteiger partial charge in [-0.2, -0.15) is 0 Å². The van der Waals surface area contributed by atoms with Crippen molar-refractivity contribution in [3.8, 4) is 0 Å². The van der Waals surface area contributed by atoms with Gasteiger partial charge >= 0.3 is 0 Å². The fraction of sp³-hybridized carbons (Fsp3) is 0.875. The quantitative estimate of drug-likeness (QED) is 0.920. The predicted octanol–water partition coefficient (Wildman–Crippen LogP) is 3.19. The molecule has 20 heavy (non-hydrogen) atoms. The highest BCUT2D eigenvalue weighted by atomic mass is 16.4. The maximum atomic E-state index is 6.15. The molecule has 110 valence electrons. The first-order valence-electron chi connectivity index (χ1n) is 8.15. The van der Waals surface area contributed by atoms with E-state index in [1.165, 1.54) is 38.5 Å². The third-order valence-electron chi connectivity index (χ3n) is 5.94. The van der Waals surface area contributed by atoms with Crippen LogP contribution in [0.25, 0.3) is 0 Å². The van der Waals surface area contributed by atoms with Gasteiger partial charge in [-0.25, -0.2) is 0 Å². The zero-order chi connectivity index (χ0) is 13.9. The lowest BCUT2D eigenvalue weighted by Crippen LogP contribution is -2.48. The monoisotopic (exact) mass is 275 g/mol. The maximum absolute atomic E-state index is 6.15. The van der Waals surface area contributed by atoms with E-state index in [0.29, 0.717) is 11.8 Å². The fourth-order valence-electron chi connectivity index (χ4n) is 5.24. The Morgan fingerprint density at radius 2 is 1.60 bits per heavy atom. The van der Waals surface area contributed by atoms with Crippen LogP contribution in [0.3, 0.4) is 0 Å². The third kappa shape index (κ3) is 1.84. The van der Waals surface area contributed by atoms with Gasteiger partial charge in [-0.3, -0.25) is 0 Å². The summed E-state index contributed by atoms with van der Waals surface area (Å²) in [5.74, 6) is 4.55. The third-order valence-corrected chi connectivity index (χ3v) is 5.94. The Kier molecular flexibility index (Phi) is 2.75. The maximum Gasteiger partial charge on any atom is 0.233 e. The summed E-state index contributed by atoms with van der Waals surface area (Å²) in [6, 6.07) is -0.134. The Labute approximate surface area is 120 Å². The molecular weight excluding hydrogens is 250 g/mol. The molecule has 5 rings (SSSR count). The van der Waals surface area contributed by atoms with Gasteiger partial charge in [-0.05, 0) is 62.2 Å². The number of nitrogens with two attached hydrogens (primary N) is 1. The molecule has 1 atom stereocenters. The standard InChI is InChI=1S/C16H25N3O/c1-9(2)13(17)14-18-19-15(20-14)16-6-10-3-11(7-16)5-12(4-10)8-16/h9-13H,3-8,17H2,1-2H3. The Balaban J connectivity index is 1.64. The van der Waals surface area contributed by atoms with Crippen LogP contribution in [0.15, 0.2) is 4.42 Å². The van der Waals surface area contributed by atoms with Crippen LogP contribution in [0, 0.1) is 23.7 Å². The van der Waals surface area contributed by atoms with Crippen LogP contribution in [0.5, 0.6) is 0 Å². The van der Waals surface area contributed by atoms with Crippen molar-refractivity contribution in [1.82, 2.24) is 10.2 Å². The summed E-state index contributed by atoms with van der Waals surface area (Å²) in [4.78, 5) is 0. The Hall–Kier alpha value is -0.900. The zero-order valence-corrected chi connectivity index (χ0v) is 12.5. The molecule has 1 unspecified atom stereocenters. The molecule has 4 saturated carbocycles. The lowest BCUT2D eigenvalue weighted by atomic mass is 9.49. The second kappa shape index (κ2) is 4.30. The minimum atomic E-state index is -0.134. The average Bonchev–Trinajstić information content (AvgIpc) is 2.86. The normalized spacial score (nSPS) is 40.5. The Bertz CT molecular complexity index is 472. The number of rotatable bonds is 3. The molecule has 1 aromatic rings. The van der Waals surface area contributed by atoms with Crippen LogP contribution < -0.4 is 5.73 Å². The van der Waals surface area contributed by atoms with Gasteiger partial charge < -0.3 is 10.2 Å². The minimum absolute atomic E-state index is 0.134. The summed E-state index contributed by atoms with van der Waals surface area (Å²) < 4.78 is 6.04. The second-order valence-electron chi connectivity index (χ2n) is 7.91. The van der Waals surface area contributed by atoms with E-state index in [1.54, 1.807) is 0 Å². The van der Waals surface area contributed by atoms with Crippen molar-refractivity contribution < 1.29 is 4.42 Å². The van der Waals surface area contributed by atoms with Crippen molar-refractivity contribution in [2.75, 3.05) is 0 Å². The first-order chi connectivity index (χ1) is 9.56. The zero-order valence-electron chi connectivity index (χ0n) is 12.5. The predicted molar refractivity (Wildman–Crippen MR) is 75.9 cm³/mol. The van der Waals surface area contributed by atoms with Crippen molar-refractivity contribution in [3.05, 3.63) is 11.8 Å². The number of hydrogen-bond acceptors (Lipinski definition) is 4. The first kappa shape index (κ1) is 12.8. The highest BCUT2D eigenvalue weighted by Gasteiger charge is 2.54. The van der Waals surface area contributed by atoms with Gasteiger partial charge in [-0.15, -0.1) is 10.2 Å². The van der Waals surface area contributed by atoms with Crippen LogP contribution in [-0.4, -0.2) is 10.2 Å². The van der Waals surface area contributed by atoms with Crippen molar-refractivity contribution >= 4 is 0 Å². The molecule has 0 saturated heterocycles. The van der Waals surface area contributed by atoms with E-state index < -0.39 is 0 Å². The van der Waals surface area contributed by atoms with E-state index in [1.807, 2.05) is 0 Å². The van der Waals surface area contributed by atoms with E-state index in [4.69, 9.17) is 10.2 Å². The summed E-state index contributed by atoms with van der Waals surface area (Å²) in [6.07, 6.45) is 8.09. The lowest BCUT2D eigenvalue weighted by molar-refractivity contribution is -0.0184.